The second-order valence-electron chi connectivity index (χ2n) is 4.62. The van der Waals surface area contributed by atoms with Crippen LogP contribution in [0.3, 0.4) is 0 Å². The third-order valence-corrected chi connectivity index (χ3v) is 3.29. The first-order valence-electron chi connectivity index (χ1n) is 6.66. The van der Waals surface area contributed by atoms with Crippen LogP contribution in [0, 0.1) is 6.92 Å². The minimum Gasteiger partial charge on any atom is -0.508 e. The molecule has 0 aliphatic rings. The molecule has 0 spiro atoms. The monoisotopic (exact) mass is 270 g/mol. The SMILES string of the molecule is CCOC(=O)c1ccc(O)c(Cc2ccccc2)c1C. The van der Waals surface area contributed by atoms with Gasteiger partial charge in [-0.05, 0) is 37.1 Å². The summed E-state index contributed by atoms with van der Waals surface area (Å²) in [6, 6.07) is 13.0. The predicted octanol–water partition coefficient (Wildman–Crippen LogP) is 3.47. The minimum absolute atomic E-state index is 0.208. The van der Waals surface area contributed by atoms with Crippen LogP contribution in [-0.2, 0) is 11.2 Å². The summed E-state index contributed by atoms with van der Waals surface area (Å²) in [5.41, 5.74) is 3.14. The van der Waals surface area contributed by atoms with E-state index >= 15 is 0 Å². The molecule has 0 saturated heterocycles. The number of hydrogen-bond acceptors (Lipinski definition) is 3. The second-order valence-corrected chi connectivity index (χ2v) is 4.62. The summed E-state index contributed by atoms with van der Waals surface area (Å²) in [6.45, 7) is 3.95. The fourth-order valence-electron chi connectivity index (χ4n) is 2.20. The van der Waals surface area contributed by atoms with Crippen molar-refractivity contribution in [2.24, 2.45) is 0 Å². The molecule has 0 radical (unpaired) electrons. The smallest absolute Gasteiger partial charge is 0.338 e. The second kappa shape index (κ2) is 6.24. The summed E-state index contributed by atoms with van der Waals surface area (Å²) < 4.78 is 5.03. The Balaban J connectivity index is 2.37. The summed E-state index contributed by atoms with van der Waals surface area (Å²) in [4.78, 5) is 11.9. The van der Waals surface area contributed by atoms with E-state index in [0.29, 0.717) is 18.6 Å². The molecule has 0 atom stereocenters. The maximum atomic E-state index is 11.9. The van der Waals surface area contributed by atoms with Crippen molar-refractivity contribution in [3.05, 3.63) is 64.7 Å². The quantitative estimate of drug-likeness (QED) is 0.865. The van der Waals surface area contributed by atoms with Gasteiger partial charge in [0, 0.05) is 12.0 Å². The van der Waals surface area contributed by atoms with Gasteiger partial charge < -0.3 is 9.84 Å². The largest absolute Gasteiger partial charge is 0.508 e. The number of carbonyl (C=O) groups is 1. The molecule has 0 amide bonds. The number of hydrogen-bond donors (Lipinski definition) is 1. The van der Waals surface area contributed by atoms with E-state index in [0.717, 1.165) is 16.7 Å². The summed E-state index contributed by atoms with van der Waals surface area (Å²) in [6.07, 6.45) is 0.589. The maximum Gasteiger partial charge on any atom is 0.338 e. The molecule has 2 rings (SSSR count). The number of esters is 1. The fourth-order valence-corrected chi connectivity index (χ4v) is 2.20. The van der Waals surface area contributed by atoms with Crippen molar-refractivity contribution in [3.63, 3.8) is 0 Å². The van der Waals surface area contributed by atoms with Crippen molar-refractivity contribution in [1.29, 1.82) is 0 Å². The van der Waals surface area contributed by atoms with Gasteiger partial charge in [0.25, 0.3) is 0 Å². The molecule has 0 aliphatic carbocycles. The molecule has 2 aromatic carbocycles. The highest BCUT2D eigenvalue weighted by Gasteiger charge is 2.16. The first kappa shape index (κ1) is 14.1. The van der Waals surface area contributed by atoms with E-state index in [-0.39, 0.29) is 11.7 Å². The lowest BCUT2D eigenvalue weighted by atomic mass is 9.95. The average Bonchev–Trinajstić information content (AvgIpc) is 2.45. The molecule has 104 valence electrons. The first-order valence-corrected chi connectivity index (χ1v) is 6.66. The van der Waals surface area contributed by atoms with Crippen LogP contribution >= 0.6 is 0 Å². The number of carbonyl (C=O) groups excluding carboxylic acids is 1. The highest BCUT2D eigenvalue weighted by atomic mass is 16.5. The lowest BCUT2D eigenvalue weighted by Crippen LogP contribution is -2.08. The van der Waals surface area contributed by atoms with E-state index in [1.807, 2.05) is 37.3 Å². The van der Waals surface area contributed by atoms with E-state index in [1.165, 1.54) is 0 Å². The van der Waals surface area contributed by atoms with Crippen molar-refractivity contribution in [2.45, 2.75) is 20.3 Å². The molecule has 3 nitrogen and oxygen atoms in total. The third kappa shape index (κ3) is 2.99. The molecular weight excluding hydrogens is 252 g/mol. The molecule has 0 heterocycles. The highest BCUT2D eigenvalue weighted by Crippen LogP contribution is 2.27. The molecule has 2 aromatic rings. The van der Waals surface area contributed by atoms with Crippen molar-refractivity contribution in [2.75, 3.05) is 6.61 Å². The van der Waals surface area contributed by atoms with Crippen LogP contribution in [0.25, 0.3) is 0 Å². The summed E-state index contributed by atoms with van der Waals surface area (Å²) in [5.74, 6) is -0.140. The molecule has 20 heavy (non-hydrogen) atoms. The zero-order chi connectivity index (χ0) is 14.5. The van der Waals surface area contributed by atoms with Gasteiger partial charge in [0.1, 0.15) is 5.75 Å². The zero-order valence-electron chi connectivity index (χ0n) is 11.7. The Morgan fingerprint density at radius 1 is 1.15 bits per heavy atom. The molecule has 0 bridgehead atoms. The van der Waals surface area contributed by atoms with Crippen LogP contribution in [0.5, 0.6) is 5.75 Å². The Morgan fingerprint density at radius 3 is 2.50 bits per heavy atom. The number of aromatic hydroxyl groups is 1. The van der Waals surface area contributed by atoms with Crippen molar-refractivity contribution >= 4 is 5.97 Å². The van der Waals surface area contributed by atoms with Gasteiger partial charge in [-0.2, -0.15) is 0 Å². The maximum absolute atomic E-state index is 11.9. The van der Waals surface area contributed by atoms with Crippen LogP contribution in [0.1, 0.15) is 34.0 Å². The Morgan fingerprint density at radius 2 is 1.85 bits per heavy atom. The van der Waals surface area contributed by atoms with Crippen LogP contribution in [0.4, 0.5) is 0 Å². The molecule has 0 unspecified atom stereocenters. The van der Waals surface area contributed by atoms with Gasteiger partial charge in [0.15, 0.2) is 0 Å². The van der Waals surface area contributed by atoms with Gasteiger partial charge in [0.2, 0.25) is 0 Å². The van der Waals surface area contributed by atoms with E-state index < -0.39 is 0 Å². The van der Waals surface area contributed by atoms with E-state index in [9.17, 15) is 9.90 Å². The Kier molecular flexibility index (Phi) is 4.41. The standard InChI is InChI=1S/C17H18O3/c1-3-20-17(19)14-9-10-16(18)15(12(14)2)11-13-7-5-4-6-8-13/h4-10,18H,3,11H2,1-2H3. The lowest BCUT2D eigenvalue weighted by Gasteiger charge is -2.12. The molecule has 0 aliphatic heterocycles. The highest BCUT2D eigenvalue weighted by molar-refractivity contribution is 5.91. The van der Waals surface area contributed by atoms with Crippen LogP contribution in [0.15, 0.2) is 42.5 Å². The summed E-state index contributed by atoms with van der Waals surface area (Å²) >= 11 is 0. The number of benzene rings is 2. The molecular formula is C17H18O3. The minimum atomic E-state index is -0.348. The van der Waals surface area contributed by atoms with E-state index in [4.69, 9.17) is 4.74 Å². The fraction of sp³-hybridized carbons (Fsp3) is 0.235. The van der Waals surface area contributed by atoms with E-state index in [1.54, 1.807) is 19.1 Å². The molecule has 1 N–H and O–H groups in total. The lowest BCUT2D eigenvalue weighted by molar-refractivity contribution is 0.0525. The number of phenolic OH excluding ortho intramolecular Hbond substituents is 1. The van der Waals surface area contributed by atoms with Crippen LogP contribution < -0.4 is 0 Å². The third-order valence-electron chi connectivity index (χ3n) is 3.29. The normalized spacial score (nSPS) is 10.3. The molecule has 3 heteroatoms. The van der Waals surface area contributed by atoms with Gasteiger partial charge >= 0.3 is 5.97 Å². The van der Waals surface area contributed by atoms with Gasteiger partial charge in [0.05, 0.1) is 12.2 Å². The molecule has 0 saturated carbocycles. The summed E-state index contributed by atoms with van der Waals surface area (Å²) in [5, 5.41) is 10.0. The average molecular weight is 270 g/mol. The van der Waals surface area contributed by atoms with Gasteiger partial charge in [-0.3, -0.25) is 0 Å². The molecule has 0 aromatic heterocycles. The first-order chi connectivity index (χ1) is 9.63. The predicted molar refractivity (Wildman–Crippen MR) is 78.0 cm³/mol. The topological polar surface area (TPSA) is 46.5 Å². The van der Waals surface area contributed by atoms with Crippen molar-refractivity contribution in [1.82, 2.24) is 0 Å². The van der Waals surface area contributed by atoms with Crippen LogP contribution in [0.2, 0.25) is 0 Å². The van der Waals surface area contributed by atoms with Crippen LogP contribution in [-0.4, -0.2) is 17.7 Å². The Labute approximate surface area is 118 Å². The molecule has 0 fully saturated rings. The van der Waals surface area contributed by atoms with Gasteiger partial charge in [-0.25, -0.2) is 4.79 Å². The number of ether oxygens (including phenoxy) is 1. The Bertz CT molecular complexity index is 603. The summed E-state index contributed by atoms with van der Waals surface area (Å²) in [7, 11) is 0. The Hall–Kier alpha value is -2.29. The van der Waals surface area contributed by atoms with Crippen molar-refractivity contribution < 1.29 is 14.6 Å². The van der Waals surface area contributed by atoms with Gasteiger partial charge in [-0.15, -0.1) is 0 Å². The van der Waals surface area contributed by atoms with Gasteiger partial charge in [-0.1, -0.05) is 30.3 Å². The zero-order valence-corrected chi connectivity index (χ0v) is 11.7. The van der Waals surface area contributed by atoms with Crippen molar-refractivity contribution in [3.8, 4) is 5.75 Å². The number of rotatable bonds is 4. The number of phenols is 1. The van der Waals surface area contributed by atoms with E-state index in [2.05, 4.69) is 0 Å².